The van der Waals surface area contributed by atoms with Gasteiger partial charge < -0.3 is 11.1 Å². The summed E-state index contributed by atoms with van der Waals surface area (Å²) in [5.41, 5.74) is 7.74. The number of hydrogen-bond acceptors (Lipinski definition) is 2. The molecule has 6 heteroatoms. The predicted octanol–water partition coefficient (Wildman–Crippen LogP) is 4.03. The van der Waals surface area contributed by atoms with Gasteiger partial charge in [0.2, 0.25) is 0 Å². The fourth-order valence-electron chi connectivity index (χ4n) is 1.75. The molecule has 0 radical (unpaired) electrons. The van der Waals surface area contributed by atoms with Crippen LogP contribution in [0.15, 0.2) is 42.5 Å². The van der Waals surface area contributed by atoms with Gasteiger partial charge >= 0.3 is 0 Å². The number of thiocarbonyl (C=S) groups is 1. The molecule has 0 saturated heterocycles. The lowest BCUT2D eigenvalue weighted by Gasteiger charge is -2.07. The summed E-state index contributed by atoms with van der Waals surface area (Å²) in [5, 5.41) is 3.39. The van der Waals surface area contributed by atoms with E-state index >= 15 is 0 Å². The molecule has 3 N–H and O–H groups in total. The fraction of sp³-hybridized carbons (Fsp3) is 0.0667. The molecule has 21 heavy (non-hydrogen) atoms. The van der Waals surface area contributed by atoms with E-state index in [-0.39, 0.29) is 5.91 Å². The maximum absolute atomic E-state index is 12.1. The minimum Gasteiger partial charge on any atom is -0.393 e. The molecule has 0 aliphatic carbocycles. The van der Waals surface area contributed by atoms with Gasteiger partial charge in [-0.15, -0.1) is 0 Å². The third-order valence-electron chi connectivity index (χ3n) is 2.77. The smallest absolute Gasteiger partial charge is 0.255 e. The van der Waals surface area contributed by atoms with E-state index in [0.29, 0.717) is 27.7 Å². The second kappa shape index (κ2) is 7.20. The molecule has 0 heterocycles. The normalized spacial score (nSPS) is 10.2. The molecule has 0 fully saturated rings. The highest BCUT2D eigenvalue weighted by molar-refractivity contribution is 14.1. The van der Waals surface area contributed by atoms with Crippen LogP contribution in [0.25, 0.3) is 0 Å². The molecule has 0 bridgehead atoms. The van der Waals surface area contributed by atoms with Crippen LogP contribution in [0.1, 0.15) is 15.9 Å². The van der Waals surface area contributed by atoms with Gasteiger partial charge in [0.15, 0.2) is 0 Å². The highest BCUT2D eigenvalue weighted by atomic mass is 127. The first-order valence-electron chi connectivity index (χ1n) is 6.09. The maximum Gasteiger partial charge on any atom is 0.255 e. The minimum atomic E-state index is -0.199. The third-order valence-corrected chi connectivity index (χ3v) is 4.49. The molecule has 108 valence electrons. The average molecular weight is 431 g/mol. The Morgan fingerprint density at radius 1 is 1.24 bits per heavy atom. The Morgan fingerprint density at radius 3 is 2.48 bits per heavy atom. The van der Waals surface area contributed by atoms with E-state index in [1.165, 1.54) is 0 Å². The first-order valence-corrected chi connectivity index (χ1v) is 7.96. The van der Waals surface area contributed by atoms with Crippen molar-refractivity contribution in [3.05, 3.63) is 62.2 Å². The van der Waals surface area contributed by atoms with Crippen molar-refractivity contribution in [1.82, 2.24) is 0 Å². The Bertz CT molecular complexity index is 689. The van der Waals surface area contributed by atoms with Crippen molar-refractivity contribution in [3.8, 4) is 0 Å². The zero-order valence-electron chi connectivity index (χ0n) is 10.9. The van der Waals surface area contributed by atoms with Crippen LogP contribution < -0.4 is 11.1 Å². The Morgan fingerprint density at radius 2 is 1.90 bits per heavy atom. The molecule has 2 rings (SSSR count). The third kappa shape index (κ3) is 4.66. The van der Waals surface area contributed by atoms with Gasteiger partial charge in [0.05, 0.1) is 10.0 Å². The molecule has 0 spiro atoms. The predicted molar refractivity (Wildman–Crippen MR) is 99.1 cm³/mol. The van der Waals surface area contributed by atoms with Gasteiger partial charge in [0.1, 0.15) is 0 Å². The molecule has 0 aliphatic rings. The quantitative estimate of drug-likeness (QED) is 0.569. The minimum absolute atomic E-state index is 0.199. The number of carbonyl (C=O) groups excluding carboxylic acids is 1. The summed E-state index contributed by atoms with van der Waals surface area (Å²) in [4.78, 5) is 12.6. The van der Waals surface area contributed by atoms with Crippen LogP contribution in [0, 0.1) is 3.57 Å². The zero-order valence-corrected chi connectivity index (χ0v) is 14.6. The van der Waals surface area contributed by atoms with Crippen molar-refractivity contribution in [2.75, 3.05) is 5.32 Å². The van der Waals surface area contributed by atoms with Crippen molar-refractivity contribution in [3.63, 3.8) is 0 Å². The van der Waals surface area contributed by atoms with E-state index < -0.39 is 0 Å². The first-order chi connectivity index (χ1) is 9.95. The number of amides is 1. The molecule has 0 atom stereocenters. The summed E-state index contributed by atoms with van der Waals surface area (Å²) in [6.07, 6.45) is 0.552. The molecule has 2 aromatic carbocycles. The van der Waals surface area contributed by atoms with Crippen LogP contribution in [0.2, 0.25) is 5.02 Å². The number of benzene rings is 2. The van der Waals surface area contributed by atoms with Gasteiger partial charge in [-0.25, -0.2) is 0 Å². The SMILES string of the molecule is NC(=S)Cc1ccc(NC(=O)c2ccc(I)c(Cl)c2)cc1. The summed E-state index contributed by atoms with van der Waals surface area (Å²) in [6.45, 7) is 0. The van der Waals surface area contributed by atoms with Crippen molar-refractivity contribution < 1.29 is 4.79 Å². The molecule has 0 aromatic heterocycles. The number of nitrogens with one attached hydrogen (secondary N) is 1. The lowest BCUT2D eigenvalue weighted by Crippen LogP contribution is -2.13. The summed E-state index contributed by atoms with van der Waals surface area (Å²) >= 11 is 13.0. The van der Waals surface area contributed by atoms with E-state index in [0.717, 1.165) is 9.13 Å². The Kier molecular flexibility index (Phi) is 5.55. The number of nitrogens with two attached hydrogens (primary N) is 1. The van der Waals surface area contributed by atoms with Crippen LogP contribution >= 0.6 is 46.4 Å². The monoisotopic (exact) mass is 430 g/mol. The van der Waals surface area contributed by atoms with E-state index in [1.54, 1.807) is 12.1 Å². The van der Waals surface area contributed by atoms with Gasteiger partial charge in [0, 0.05) is 21.2 Å². The standard InChI is InChI=1S/C15H12ClIN2OS/c16-12-8-10(3-6-13(12)17)15(20)19-11-4-1-9(2-5-11)7-14(18)21/h1-6,8H,7H2,(H2,18,21)(H,19,20). The highest BCUT2D eigenvalue weighted by Crippen LogP contribution is 2.20. The zero-order chi connectivity index (χ0) is 15.4. The fourth-order valence-corrected chi connectivity index (χ4v) is 2.43. The molecule has 0 unspecified atom stereocenters. The second-order valence-electron chi connectivity index (χ2n) is 4.42. The number of anilines is 1. The van der Waals surface area contributed by atoms with Crippen molar-refractivity contribution in [1.29, 1.82) is 0 Å². The number of carbonyl (C=O) groups is 1. The summed E-state index contributed by atoms with van der Waals surface area (Å²) in [5.74, 6) is -0.199. The van der Waals surface area contributed by atoms with E-state index in [2.05, 4.69) is 27.9 Å². The van der Waals surface area contributed by atoms with Crippen LogP contribution in [0.5, 0.6) is 0 Å². The Balaban J connectivity index is 2.08. The van der Waals surface area contributed by atoms with Gasteiger partial charge in [-0.1, -0.05) is 36.0 Å². The summed E-state index contributed by atoms with van der Waals surface area (Å²) < 4.78 is 0.910. The molecule has 2 aromatic rings. The number of hydrogen-bond donors (Lipinski definition) is 2. The van der Waals surface area contributed by atoms with E-state index in [9.17, 15) is 4.79 Å². The van der Waals surface area contributed by atoms with Crippen LogP contribution in [-0.4, -0.2) is 10.9 Å². The van der Waals surface area contributed by atoms with Crippen molar-refractivity contribution in [2.45, 2.75) is 6.42 Å². The number of rotatable bonds is 4. The lowest BCUT2D eigenvalue weighted by molar-refractivity contribution is 0.102. The highest BCUT2D eigenvalue weighted by Gasteiger charge is 2.08. The van der Waals surface area contributed by atoms with Gasteiger partial charge in [-0.3, -0.25) is 4.79 Å². The molecule has 1 amide bonds. The van der Waals surface area contributed by atoms with E-state index in [1.807, 2.05) is 30.3 Å². The Hall–Kier alpha value is -1.18. The van der Waals surface area contributed by atoms with Gasteiger partial charge in [-0.05, 0) is 58.5 Å². The van der Waals surface area contributed by atoms with Gasteiger partial charge in [0.25, 0.3) is 5.91 Å². The molecule has 3 nitrogen and oxygen atoms in total. The van der Waals surface area contributed by atoms with Crippen LogP contribution in [0.4, 0.5) is 5.69 Å². The largest absolute Gasteiger partial charge is 0.393 e. The van der Waals surface area contributed by atoms with Crippen LogP contribution in [-0.2, 0) is 6.42 Å². The summed E-state index contributed by atoms with van der Waals surface area (Å²) in [7, 11) is 0. The molecular weight excluding hydrogens is 419 g/mol. The maximum atomic E-state index is 12.1. The Labute approximate surface area is 147 Å². The van der Waals surface area contributed by atoms with Crippen molar-refractivity contribution >= 4 is 63.0 Å². The molecular formula is C15H12ClIN2OS. The second-order valence-corrected chi connectivity index (χ2v) is 6.52. The topological polar surface area (TPSA) is 55.1 Å². The average Bonchev–Trinajstić information content (AvgIpc) is 2.43. The molecule has 0 aliphatic heterocycles. The van der Waals surface area contributed by atoms with Crippen LogP contribution in [0.3, 0.4) is 0 Å². The van der Waals surface area contributed by atoms with Crippen molar-refractivity contribution in [2.24, 2.45) is 5.73 Å². The van der Waals surface area contributed by atoms with Gasteiger partial charge in [-0.2, -0.15) is 0 Å². The summed E-state index contributed by atoms with van der Waals surface area (Å²) in [6, 6.07) is 12.6. The first kappa shape index (κ1) is 16.2. The van der Waals surface area contributed by atoms with E-state index in [4.69, 9.17) is 29.6 Å². The number of halogens is 2. The molecule has 0 saturated carbocycles. The lowest BCUT2D eigenvalue weighted by atomic mass is 10.1.